The predicted molar refractivity (Wildman–Crippen MR) is 76.2 cm³/mol. The second-order valence-electron chi connectivity index (χ2n) is 3.67. The second kappa shape index (κ2) is 5.98. The number of ether oxygens (including phenoxy) is 1. The molecule has 0 aliphatic heterocycles. The summed E-state index contributed by atoms with van der Waals surface area (Å²) in [5.74, 6) is 1.55. The van der Waals surface area contributed by atoms with Crippen LogP contribution in [-0.2, 0) is 5.75 Å². The predicted octanol–water partition coefficient (Wildman–Crippen LogP) is 3.62. The lowest BCUT2D eigenvalue weighted by Gasteiger charge is -2.09. The van der Waals surface area contributed by atoms with Crippen LogP contribution in [0.15, 0.2) is 41.6 Å². The van der Waals surface area contributed by atoms with Crippen molar-refractivity contribution in [1.82, 2.24) is 4.98 Å². The summed E-state index contributed by atoms with van der Waals surface area (Å²) in [5.41, 5.74) is 7.46. The molecule has 0 aliphatic carbocycles. The van der Waals surface area contributed by atoms with Crippen LogP contribution in [0.1, 0.15) is 5.56 Å². The average Bonchev–Trinajstić information content (AvgIpc) is 2.39. The van der Waals surface area contributed by atoms with E-state index in [1.807, 2.05) is 24.3 Å². The van der Waals surface area contributed by atoms with Crippen molar-refractivity contribution in [3.8, 4) is 5.75 Å². The van der Waals surface area contributed by atoms with Crippen LogP contribution in [0.2, 0.25) is 5.02 Å². The van der Waals surface area contributed by atoms with Crippen LogP contribution in [0.25, 0.3) is 0 Å². The van der Waals surface area contributed by atoms with Crippen LogP contribution in [0.3, 0.4) is 0 Å². The van der Waals surface area contributed by atoms with Gasteiger partial charge in [-0.15, -0.1) is 11.8 Å². The molecule has 94 valence electrons. The van der Waals surface area contributed by atoms with E-state index in [1.54, 1.807) is 31.3 Å². The number of hydrogen-bond donors (Lipinski definition) is 1. The van der Waals surface area contributed by atoms with Crippen LogP contribution >= 0.6 is 23.4 Å². The third-order valence-electron chi connectivity index (χ3n) is 2.43. The molecule has 2 N–H and O–H groups in total. The molecule has 0 spiro atoms. The average molecular weight is 281 g/mol. The van der Waals surface area contributed by atoms with Crippen molar-refractivity contribution >= 4 is 29.1 Å². The first-order valence-electron chi connectivity index (χ1n) is 5.35. The monoisotopic (exact) mass is 280 g/mol. The SMILES string of the molecule is COc1cc(N)ccc1SCc1ccncc1Cl. The Labute approximate surface area is 115 Å². The van der Waals surface area contributed by atoms with Gasteiger partial charge in [0.2, 0.25) is 0 Å². The van der Waals surface area contributed by atoms with E-state index < -0.39 is 0 Å². The van der Waals surface area contributed by atoms with E-state index in [-0.39, 0.29) is 0 Å². The molecular formula is C13H13ClN2OS. The number of benzene rings is 1. The zero-order valence-electron chi connectivity index (χ0n) is 9.89. The molecule has 2 aromatic rings. The number of nitrogen functional groups attached to an aromatic ring is 1. The number of rotatable bonds is 4. The third-order valence-corrected chi connectivity index (χ3v) is 3.87. The largest absolute Gasteiger partial charge is 0.496 e. The summed E-state index contributed by atoms with van der Waals surface area (Å²) in [7, 11) is 1.64. The van der Waals surface area contributed by atoms with Crippen LogP contribution < -0.4 is 10.5 Å². The topological polar surface area (TPSA) is 48.1 Å². The van der Waals surface area contributed by atoms with Gasteiger partial charge in [-0.25, -0.2) is 0 Å². The van der Waals surface area contributed by atoms with Crippen molar-refractivity contribution in [2.45, 2.75) is 10.6 Å². The molecule has 0 fully saturated rings. The van der Waals surface area contributed by atoms with Crippen molar-refractivity contribution in [2.75, 3.05) is 12.8 Å². The minimum absolute atomic E-state index is 0.680. The maximum Gasteiger partial charge on any atom is 0.134 e. The van der Waals surface area contributed by atoms with Gasteiger partial charge in [0.25, 0.3) is 0 Å². The highest BCUT2D eigenvalue weighted by atomic mass is 35.5. The molecule has 3 nitrogen and oxygen atoms in total. The molecule has 0 amide bonds. The highest BCUT2D eigenvalue weighted by Gasteiger charge is 2.06. The number of aromatic nitrogens is 1. The number of pyridine rings is 1. The van der Waals surface area contributed by atoms with E-state index in [1.165, 1.54) is 0 Å². The summed E-state index contributed by atoms with van der Waals surface area (Å²) in [6.45, 7) is 0. The Morgan fingerprint density at radius 2 is 2.22 bits per heavy atom. The zero-order valence-corrected chi connectivity index (χ0v) is 11.5. The molecule has 2 rings (SSSR count). The number of halogens is 1. The molecule has 1 aromatic carbocycles. The third kappa shape index (κ3) is 3.09. The van der Waals surface area contributed by atoms with Gasteiger partial charge in [0.05, 0.1) is 12.1 Å². The Morgan fingerprint density at radius 3 is 2.94 bits per heavy atom. The quantitative estimate of drug-likeness (QED) is 0.686. The van der Waals surface area contributed by atoms with Gasteiger partial charge in [0.15, 0.2) is 0 Å². The zero-order chi connectivity index (χ0) is 13.0. The summed E-state index contributed by atoms with van der Waals surface area (Å²) in [6, 6.07) is 7.54. The smallest absolute Gasteiger partial charge is 0.134 e. The van der Waals surface area contributed by atoms with E-state index in [0.29, 0.717) is 10.7 Å². The summed E-state index contributed by atoms with van der Waals surface area (Å²) in [6.07, 6.45) is 3.39. The number of nitrogens with zero attached hydrogens (tertiary/aromatic N) is 1. The first-order chi connectivity index (χ1) is 8.70. The van der Waals surface area contributed by atoms with Crippen LogP contribution in [0.4, 0.5) is 5.69 Å². The van der Waals surface area contributed by atoms with Crippen molar-refractivity contribution < 1.29 is 4.74 Å². The Morgan fingerprint density at radius 1 is 1.39 bits per heavy atom. The molecule has 0 saturated carbocycles. The van der Waals surface area contributed by atoms with Gasteiger partial charge < -0.3 is 10.5 Å². The van der Waals surface area contributed by atoms with E-state index in [9.17, 15) is 0 Å². The molecule has 0 radical (unpaired) electrons. The lowest BCUT2D eigenvalue weighted by molar-refractivity contribution is 0.405. The van der Waals surface area contributed by atoms with E-state index in [2.05, 4.69) is 4.98 Å². The van der Waals surface area contributed by atoms with Gasteiger partial charge in [0.1, 0.15) is 5.75 Å². The number of nitrogens with two attached hydrogens (primary N) is 1. The molecular weight excluding hydrogens is 268 g/mol. The minimum atomic E-state index is 0.680. The lowest BCUT2D eigenvalue weighted by atomic mass is 10.3. The minimum Gasteiger partial charge on any atom is -0.496 e. The summed E-state index contributed by atoms with van der Waals surface area (Å²) >= 11 is 7.72. The molecule has 0 aliphatic rings. The fourth-order valence-corrected chi connectivity index (χ4v) is 2.76. The number of methoxy groups -OCH3 is 1. The number of anilines is 1. The standard InChI is InChI=1S/C13H13ClN2OS/c1-17-12-6-10(15)2-3-13(12)18-8-9-4-5-16-7-11(9)14/h2-7H,8,15H2,1H3. The Kier molecular flexibility index (Phi) is 4.33. The lowest BCUT2D eigenvalue weighted by Crippen LogP contribution is -1.91. The van der Waals surface area contributed by atoms with Crippen LogP contribution in [-0.4, -0.2) is 12.1 Å². The summed E-state index contributed by atoms with van der Waals surface area (Å²) in [5, 5.41) is 0.680. The molecule has 18 heavy (non-hydrogen) atoms. The molecule has 0 saturated heterocycles. The van der Waals surface area contributed by atoms with Gasteiger partial charge in [-0.3, -0.25) is 4.98 Å². The van der Waals surface area contributed by atoms with E-state index in [0.717, 1.165) is 22.0 Å². The first kappa shape index (κ1) is 13.1. The van der Waals surface area contributed by atoms with E-state index in [4.69, 9.17) is 22.1 Å². The van der Waals surface area contributed by atoms with Crippen molar-refractivity contribution in [3.63, 3.8) is 0 Å². The Hall–Kier alpha value is -1.39. The van der Waals surface area contributed by atoms with Crippen LogP contribution in [0, 0.1) is 0 Å². The Bertz CT molecular complexity index is 548. The normalized spacial score (nSPS) is 10.3. The van der Waals surface area contributed by atoms with Gasteiger partial charge >= 0.3 is 0 Å². The van der Waals surface area contributed by atoms with E-state index >= 15 is 0 Å². The number of thioether (sulfide) groups is 1. The first-order valence-corrected chi connectivity index (χ1v) is 6.72. The van der Waals surface area contributed by atoms with Crippen molar-refractivity contribution in [2.24, 2.45) is 0 Å². The maximum atomic E-state index is 6.06. The fraction of sp³-hybridized carbons (Fsp3) is 0.154. The second-order valence-corrected chi connectivity index (χ2v) is 5.09. The van der Waals surface area contributed by atoms with Crippen LogP contribution in [0.5, 0.6) is 5.75 Å². The molecule has 0 unspecified atom stereocenters. The highest BCUT2D eigenvalue weighted by Crippen LogP contribution is 2.34. The number of hydrogen-bond acceptors (Lipinski definition) is 4. The molecule has 1 heterocycles. The van der Waals surface area contributed by atoms with Crippen molar-refractivity contribution in [1.29, 1.82) is 0 Å². The molecule has 0 bridgehead atoms. The molecule has 5 heteroatoms. The highest BCUT2D eigenvalue weighted by molar-refractivity contribution is 7.98. The summed E-state index contributed by atoms with van der Waals surface area (Å²) < 4.78 is 5.30. The van der Waals surface area contributed by atoms with Gasteiger partial charge in [0, 0.05) is 34.8 Å². The summed E-state index contributed by atoms with van der Waals surface area (Å²) in [4.78, 5) is 5.00. The molecule has 1 aromatic heterocycles. The maximum absolute atomic E-state index is 6.06. The van der Waals surface area contributed by atoms with Gasteiger partial charge in [-0.1, -0.05) is 11.6 Å². The molecule has 0 atom stereocenters. The van der Waals surface area contributed by atoms with Gasteiger partial charge in [-0.05, 0) is 23.8 Å². The van der Waals surface area contributed by atoms with Crippen molar-refractivity contribution in [3.05, 3.63) is 47.2 Å². The van der Waals surface area contributed by atoms with Gasteiger partial charge in [-0.2, -0.15) is 0 Å². The Balaban J connectivity index is 2.13. The fourth-order valence-electron chi connectivity index (χ4n) is 1.48.